The first kappa shape index (κ1) is 7.68. The molecule has 0 aliphatic heterocycles. The van der Waals surface area contributed by atoms with Gasteiger partial charge >= 0.3 is 73.7 Å². The number of hydrogen-bond donors (Lipinski definition) is 1. The zero-order valence-electron chi connectivity index (χ0n) is 5.04. The van der Waals surface area contributed by atoms with Gasteiger partial charge in [0.05, 0.1) is 0 Å². The van der Waals surface area contributed by atoms with Gasteiger partial charge in [-0.1, -0.05) is 0 Å². The molecule has 0 unspecified atom stereocenters. The standard InChI is InChI=1S/C7H5AtO2/c8-6-4-2-1-3-5(6)7(9)10/h1-4H,(H,9,10). The SMILES string of the molecule is O=C(O)c1ccccc1[At]. The fourth-order valence-corrected chi connectivity index (χ4v) is 1.48. The average Bonchev–Trinajstić information content (AvgIpc) is 1.88. The summed E-state index contributed by atoms with van der Waals surface area (Å²) in [5, 5.41) is 8.57. The molecule has 0 radical (unpaired) electrons. The van der Waals surface area contributed by atoms with Gasteiger partial charge in [0.15, 0.2) is 0 Å². The van der Waals surface area contributed by atoms with Crippen LogP contribution in [0.4, 0.5) is 0 Å². The van der Waals surface area contributed by atoms with Gasteiger partial charge in [-0.05, 0) is 0 Å². The van der Waals surface area contributed by atoms with Gasteiger partial charge < -0.3 is 0 Å². The number of aromatic carboxylic acids is 1. The van der Waals surface area contributed by atoms with Gasteiger partial charge in [0.2, 0.25) is 0 Å². The van der Waals surface area contributed by atoms with Crippen molar-refractivity contribution < 1.29 is 34.6 Å². The average molecular weight is 331 g/mol. The van der Waals surface area contributed by atoms with E-state index < -0.39 is 5.97 Å². The van der Waals surface area contributed by atoms with E-state index in [1.807, 2.05) is 6.07 Å². The summed E-state index contributed by atoms with van der Waals surface area (Å²) in [5.74, 6) is -0.849. The Morgan fingerprint density at radius 2 is 2.00 bits per heavy atom. The summed E-state index contributed by atoms with van der Waals surface area (Å²) in [5.41, 5.74) is 0.402. The number of carboxylic acid groups (broad SMARTS) is 1. The predicted octanol–water partition coefficient (Wildman–Crippen LogP) is 0.559. The van der Waals surface area contributed by atoms with E-state index in [1.54, 1.807) is 18.2 Å². The summed E-state index contributed by atoms with van der Waals surface area (Å²) in [6.45, 7) is 0. The number of hydrogen-bond acceptors (Lipinski definition) is 1. The molecule has 0 bridgehead atoms. The van der Waals surface area contributed by atoms with Crippen LogP contribution in [0.5, 0.6) is 0 Å². The summed E-state index contributed by atoms with van der Waals surface area (Å²) >= 11 is 1.39. The number of carboxylic acids is 1. The molecule has 0 saturated heterocycles. The second-order valence-corrected chi connectivity index (χ2v) is 3.37. The summed E-state index contributed by atoms with van der Waals surface area (Å²) in [6, 6.07) is 6.98. The Kier molecular flexibility index (Phi) is 2.39. The Balaban J connectivity index is 3.15. The Morgan fingerprint density at radius 1 is 1.40 bits per heavy atom. The van der Waals surface area contributed by atoms with Crippen LogP contribution in [0.1, 0.15) is 10.4 Å². The van der Waals surface area contributed by atoms with E-state index in [1.165, 1.54) is 24.7 Å². The van der Waals surface area contributed by atoms with Crippen LogP contribution in [0.25, 0.3) is 0 Å². The second-order valence-electron chi connectivity index (χ2n) is 1.78. The quantitative estimate of drug-likeness (QED) is 0.817. The first-order valence-corrected chi connectivity index (χ1v) is 4.16. The fraction of sp³-hybridized carbons (Fsp3) is 0. The maximum absolute atomic E-state index is 10.4. The van der Waals surface area contributed by atoms with Crippen molar-refractivity contribution in [1.82, 2.24) is 0 Å². The van der Waals surface area contributed by atoms with E-state index in [9.17, 15) is 4.79 Å². The van der Waals surface area contributed by atoms with Gasteiger partial charge in [0.1, 0.15) is 0 Å². The third kappa shape index (κ3) is 1.54. The molecule has 0 fully saturated rings. The van der Waals surface area contributed by atoms with Crippen LogP contribution in [0.15, 0.2) is 24.3 Å². The van der Waals surface area contributed by atoms with Crippen molar-refractivity contribution in [2.45, 2.75) is 0 Å². The summed E-state index contributed by atoms with van der Waals surface area (Å²) in [6.07, 6.45) is 0. The fourth-order valence-electron chi connectivity index (χ4n) is 0.635. The second kappa shape index (κ2) is 3.11. The molecule has 1 N–H and O–H groups in total. The zero-order valence-corrected chi connectivity index (χ0v) is 7.98. The van der Waals surface area contributed by atoms with Crippen molar-refractivity contribution in [3.63, 3.8) is 0 Å². The van der Waals surface area contributed by atoms with Crippen molar-refractivity contribution in [2.24, 2.45) is 0 Å². The molecule has 52 valence electrons. The van der Waals surface area contributed by atoms with Crippen molar-refractivity contribution in [3.05, 3.63) is 29.8 Å². The van der Waals surface area contributed by atoms with Crippen molar-refractivity contribution >= 4 is 9.24 Å². The molecular formula is C7H5AtO2. The predicted molar refractivity (Wildman–Crippen MR) is 33.0 cm³/mol. The molecule has 0 spiro atoms. The minimum absolute atomic E-state index is 0.402. The van der Waals surface area contributed by atoms with E-state index in [2.05, 4.69) is 0 Å². The molecule has 0 atom stereocenters. The van der Waals surface area contributed by atoms with E-state index in [-0.39, 0.29) is 0 Å². The van der Waals surface area contributed by atoms with E-state index in [0.717, 1.165) is 3.27 Å². The van der Waals surface area contributed by atoms with Crippen molar-refractivity contribution in [1.29, 1.82) is 0 Å². The van der Waals surface area contributed by atoms with Gasteiger partial charge in [-0.3, -0.25) is 0 Å². The van der Waals surface area contributed by atoms with Gasteiger partial charge in [0.25, 0.3) is 0 Å². The third-order valence-corrected chi connectivity index (χ3v) is 2.39. The first-order valence-electron chi connectivity index (χ1n) is 2.69. The van der Waals surface area contributed by atoms with Crippen LogP contribution >= 0.6 is 0 Å². The molecule has 0 aliphatic carbocycles. The van der Waals surface area contributed by atoms with Crippen molar-refractivity contribution in [2.75, 3.05) is 0 Å². The Hall–Kier alpha value is -0.427. The van der Waals surface area contributed by atoms with Crippen LogP contribution in [0.3, 0.4) is 0 Å². The monoisotopic (exact) mass is 331 g/mol. The van der Waals surface area contributed by atoms with Gasteiger partial charge in [-0.15, -0.1) is 0 Å². The molecule has 0 aromatic heterocycles. The number of benzene rings is 1. The normalized spacial score (nSPS) is 9.30. The van der Waals surface area contributed by atoms with Gasteiger partial charge in [-0.2, -0.15) is 0 Å². The van der Waals surface area contributed by atoms with Crippen LogP contribution in [0, 0.1) is 24.7 Å². The van der Waals surface area contributed by atoms with Gasteiger partial charge in [0, 0.05) is 0 Å². The van der Waals surface area contributed by atoms with Crippen LogP contribution in [0.2, 0.25) is 0 Å². The molecule has 1 aromatic rings. The first-order chi connectivity index (χ1) is 4.72. The van der Waals surface area contributed by atoms with Crippen LogP contribution in [-0.2, 0) is 0 Å². The minimum atomic E-state index is -0.849. The third-order valence-electron chi connectivity index (χ3n) is 1.10. The molecule has 0 heterocycles. The molecule has 1 aromatic carbocycles. The topological polar surface area (TPSA) is 37.3 Å². The summed E-state index contributed by atoms with van der Waals surface area (Å²) < 4.78 is 0.856. The zero-order chi connectivity index (χ0) is 7.56. The molecule has 1 rings (SSSR count). The number of rotatable bonds is 1. The number of carbonyl (C=O) groups is 1. The molecule has 0 aliphatic rings. The summed E-state index contributed by atoms with van der Waals surface area (Å²) in [7, 11) is 0. The Labute approximate surface area is 73.7 Å². The van der Waals surface area contributed by atoms with E-state index in [0.29, 0.717) is 5.56 Å². The van der Waals surface area contributed by atoms with Crippen LogP contribution in [-0.4, -0.2) is 11.1 Å². The molecule has 10 heavy (non-hydrogen) atoms. The molecule has 3 heteroatoms. The van der Waals surface area contributed by atoms with Crippen molar-refractivity contribution in [3.8, 4) is 0 Å². The molecule has 0 amide bonds. The Morgan fingerprint density at radius 3 is 2.40 bits per heavy atom. The Bertz CT molecular complexity index is 258. The summed E-state index contributed by atoms with van der Waals surface area (Å²) in [4.78, 5) is 10.4. The molecule has 0 saturated carbocycles. The van der Waals surface area contributed by atoms with E-state index >= 15 is 0 Å². The van der Waals surface area contributed by atoms with Gasteiger partial charge in [-0.25, -0.2) is 0 Å². The maximum atomic E-state index is 10.4. The molecule has 2 nitrogen and oxygen atoms in total. The van der Waals surface area contributed by atoms with E-state index in [4.69, 9.17) is 5.11 Å². The van der Waals surface area contributed by atoms with Crippen LogP contribution < -0.4 is 3.27 Å². The molecular weight excluding hydrogens is 326 g/mol.